The molecule has 16 heteroatoms. The van der Waals surface area contributed by atoms with Crippen LogP contribution in [0.1, 0.15) is 61.3 Å². The maximum absolute atomic E-state index is 13.7. The van der Waals surface area contributed by atoms with Crippen molar-refractivity contribution in [2.75, 3.05) is 19.7 Å². The first-order chi connectivity index (χ1) is 20.4. The fourth-order valence-corrected chi connectivity index (χ4v) is 4.78. The van der Waals surface area contributed by atoms with Crippen LogP contribution in [-0.2, 0) is 52.5 Å². The quantitative estimate of drug-likeness (QED) is 0.221. The second kappa shape index (κ2) is 15.4. The predicted molar refractivity (Wildman–Crippen MR) is 148 cm³/mol. The van der Waals surface area contributed by atoms with Gasteiger partial charge in [0.2, 0.25) is 5.91 Å². The number of hydrogen-bond donors (Lipinski definition) is 3. The van der Waals surface area contributed by atoms with Gasteiger partial charge in [0.05, 0.1) is 18.0 Å². The van der Waals surface area contributed by atoms with Crippen LogP contribution in [-0.4, -0.2) is 107 Å². The average molecular weight is 628 g/mol. The number of piperidine rings is 1. The second-order valence-electron chi connectivity index (χ2n) is 11.5. The first-order valence-corrected chi connectivity index (χ1v) is 14.0. The van der Waals surface area contributed by atoms with Crippen molar-refractivity contribution in [3.05, 3.63) is 11.8 Å². The molecule has 1 fully saturated rings. The molecule has 3 N–H and O–H groups in total. The van der Waals surface area contributed by atoms with Crippen LogP contribution >= 0.6 is 0 Å². The Bertz CT molecular complexity index is 1160. The number of alkyl carbamates (subject to hydrolysis) is 1. The van der Waals surface area contributed by atoms with Gasteiger partial charge in [0, 0.05) is 40.8 Å². The van der Waals surface area contributed by atoms with Crippen molar-refractivity contribution < 1.29 is 62.4 Å². The summed E-state index contributed by atoms with van der Waals surface area (Å²) in [5.74, 6) is -6.05. The summed E-state index contributed by atoms with van der Waals surface area (Å²) in [4.78, 5) is 87.8. The van der Waals surface area contributed by atoms with Crippen molar-refractivity contribution in [2.45, 2.75) is 97.3 Å². The molecule has 3 amide bonds. The summed E-state index contributed by atoms with van der Waals surface area (Å²) in [5.41, 5.74) is -0.926. The highest BCUT2D eigenvalue weighted by atomic mass is 16.6. The van der Waals surface area contributed by atoms with Gasteiger partial charge in [-0.15, -0.1) is 0 Å². The summed E-state index contributed by atoms with van der Waals surface area (Å²) in [6.07, 6.45) is -3.53. The summed E-state index contributed by atoms with van der Waals surface area (Å²) in [6, 6.07) is -2.49. The molecule has 2 heterocycles. The Hall–Kier alpha value is -4.37. The number of nitrogens with one attached hydrogen (secondary N) is 2. The van der Waals surface area contributed by atoms with E-state index in [4.69, 9.17) is 23.7 Å². The van der Waals surface area contributed by atoms with Crippen molar-refractivity contribution in [1.29, 1.82) is 0 Å². The van der Waals surface area contributed by atoms with Crippen molar-refractivity contribution in [1.82, 2.24) is 15.5 Å². The van der Waals surface area contributed by atoms with E-state index in [0.29, 0.717) is 12.8 Å². The third kappa shape index (κ3) is 11.0. The summed E-state index contributed by atoms with van der Waals surface area (Å²) < 4.78 is 27.3. The number of carbonyl (C=O) groups excluding carboxylic acids is 6. The Morgan fingerprint density at radius 1 is 1.00 bits per heavy atom. The summed E-state index contributed by atoms with van der Waals surface area (Å²) >= 11 is 0. The molecule has 0 radical (unpaired) electrons. The fraction of sp³-hybridized carbons (Fsp3) is 0.679. The molecule has 2 rings (SSSR count). The monoisotopic (exact) mass is 627 g/mol. The van der Waals surface area contributed by atoms with Gasteiger partial charge in [-0.3, -0.25) is 28.8 Å². The van der Waals surface area contributed by atoms with Crippen molar-refractivity contribution in [3.8, 4) is 0 Å². The Morgan fingerprint density at radius 3 is 2.16 bits per heavy atom. The summed E-state index contributed by atoms with van der Waals surface area (Å²) in [6.45, 7) is 8.77. The first-order valence-electron chi connectivity index (χ1n) is 14.0. The highest BCUT2D eigenvalue weighted by Gasteiger charge is 2.49. The van der Waals surface area contributed by atoms with E-state index in [2.05, 4.69) is 10.6 Å². The van der Waals surface area contributed by atoms with Crippen LogP contribution in [0.2, 0.25) is 0 Å². The van der Waals surface area contributed by atoms with Gasteiger partial charge in [0.25, 0.3) is 5.91 Å². The maximum Gasteiger partial charge on any atom is 0.408 e. The van der Waals surface area contributed by atoms with Crippen LogP contribution in [0.5, 0.6) is 0 Å². The molecular weight excluding hydrogens is 586 g/mol. The minimum absolute atomic E-state index is 0.116. The van der Waals surface area contributed by atoms with Gasteiger partial charge in [-0.1, -0.05) is 0 Å². The summed E-state index contributed by atoms with van der Waals surface area (Å²) in [5, 5.41) is 14.7. The van der Waals surface area contributed by atoms with Crippen LogP contribution in [0.25, 0.3) is 0 Å². The summed E-state index contributed by atoms with van der Waals surface area (Å²) in [7, 11) is 0. The highest BCUT2D eigenvalue weighted by Crippen LogP contribution is 2.29. The Kier molecular flexibility index (Phi) is 12.5. The minimum atomic E-state index is -1.60. The molecule has 0 saturated carbocycles. The normalized spacial score (nSPS) is 23.0. The molecule has 0 aromatic carbocycles. The lowest BCUT2D eigenvalue weighted by Crippen LogP contribution is -2.65. The number of carboxylic acid groups (broad SMARTS) is 1. The molecule has 16 nitrogen and oxygen atoms in total. The molecule has 1 saturated heterocycles. The van der Waals surface area contributed by atoms with E-state index in [9.17, 15) is 38.7 Å². The fourth-order valence-electron chi connectivity index (χ4n) is 4.78. The van der Waals surface area contributed by atoms with Gasteiger partial charge >= 0.3 is 30.0 Å². The van der Waals surface area contributed by atoms with Gasteiger partial charge in [0.1, 0.15) is 12.2 Å². The van der Waals surface area contributed by atoms with Gasteiger partial charge in [-0.2, -0.15) is 0 Å². The van der Waals surface area contributed by atoms with E-state index in [1.54, 1.807) is 20.8 Å². The second-order valence-corrected chi connectivity index (χ2v) is 11.5. The number of amides is 3. The predicted octanol–water partition coefficient (Wildman–Crippen LogP) is 0.417. The van der Waals surface area contributed by atoms with Crippen molar-refractivity contribution in [3.63, 3.8) is 0 Å². The number of hydrogen-bond acceptors (Lipinski definition) is 12. The average Bonchev–Trinajstić information content (AvgIpc) is 2.88. The number of nitrogens with zero attached hydrogens (tertiary/aromatic N) is 1. The highest BCUT2D eigenvalue weighted by molar-refractivity contribution is 5.92. The van der Waals surface area contributed by atoms with Crippen molar-refractivity contribution in [2.24, 2.45) is 5.92 Å². The maximum atomic E-state index is 13.7. The van der Waals surface area contributed by atoms with E-state index in [1.165, 1.54) is 17.9 Å². The SMILES string of the molecule is CC(=O)N[C@H]1[C@H]([C@H](OC(C)=O)[C@@H](COC(C)=O)OC(C)=O)OC(C(=O)N2CCCC(C(=O)O)C2)=C[C@@H]1NC(=O)OC(C)(C)C. The number of rotatable bonds is 10. The number of ether oxygens (including phenoxy) is 5. The number of aliphatic carboxylic acids is 1. The van der Waals surface area contributed by atoms with Crippen LogP contribution < -0.4 is 10.6 Å². The number of carbonyl (C=O) groups is 7. The van der Waals surface area contributed by atoms with Gasteiger partial charge < -0.3 is 44.3 Å². The number of likely N-dealkylation sites (tertiary alicyclic amines) is 1. The zero-order valence-corrected chi connectivity index (χ0v) is 25.9. The molecule has 1 unspecified atom stereocenters. The van der Waals surface area contributed by atoms with E-state index in [1.807, 2.05) is 0 Å². The zero-order valence-electron chi connectivity index (χ0n) is 25.9. The molecule has 0 bridgehead atoms. The molecule has 0 spiro atoms. The first kappa shape index (κ1) is 35.8. The molecule has 0 aliphatic carbocycles. The van der Waals surface area contributed by atoms with Gasteiger partial charge in [0.15, 0.2) is 24.1 Å². The minimum Gasteiger partial charge on any atom is -0.481 e. The molecule has 2 aliphatic heterocycles. The van der Waals surface area contributed by atoms with Crippen LogP contribution in [0.4, 0.5) is 4.79 Å². The largest absolute Gasteiger partial charge is 0.481 e. The number of carboxylic acids is 1. The molecule has 44 heavy (non-hydrogen) atoms. The standard InChI is InChI=1S/C28H41N3O13/c1-14(32)29-22-19(30-27(39)44-28(5,6)7)11-20(25(36)31-10-8-9-18(12-31)26(37)38)43-24(22)23(42-17(4)35)21(41-16(3)34)13-40-15(2)33/h11,18-19,21-24H,8-10,12-13H2,1-7H3,(H,29,32)(H,30,39)(H,37,38)/t18?,19-,21+,22+,23+,24+/m0/s1. The van der Waals surface area contributed by atoms with Gasteiger partial charge in [-0.05, 0) is 39.7 Å². The Labute approximate surface area is 254 Å². The van der Waals surface area contributed by atoms with E-state index < -0.39 is 90.3 Å². The smallest absolute Gasteiger partial charge is 0.408 e. The van der Waals surface area contributed by atoms with Crippen LogP contribution in [0, 0.1) is 5.92 Å². The van der Waals surface area contributed by atoms with Crippen LogP contribution in [0.3, 0.4) is 0 Å². The number of esters is 3. The lowest BCUT2D eigenvalue weighted by molar-refractivity contribution is -0.187. The lowest BCUT2D eigenvalue weighted by Gasteiger charge is -2.43. The van der Waals surface area contributed by atoms with Crippen LogP contribution in [0.15, 0.2) is 11.8 Å². The van der Waals surface area contributed by atoms with E-state index in [0.717, 1.165) is 20.8 Å². The third-order valence-corrected chi connectivity index (χ3v) is 6.42. The molecule has 2 aliphatic rings. The Morgan fingerprint density at radius 2 is 1.64 bits per heavy atom. The van der Waals surface area contributed by atoms with Gasteiger partial charge in [-0.25, -0.2) is 4.79 Å². The molecule has 6 atom stereocenters. The topological polar surface area (TPSA) is 213 Å². The van der Waals surface area contributed by atoms with E-state index >= 15 is 0 Å². The zero-order chi connectivity index (χ0) is 33.4. The Balaban J connectivity index is 2.66. The molecular formula is C28H41N3O13. The molecule has 0 aromatic heterocycles. The van der Waals surface area contributed by atoms with E-state index in [-0.39, 0.29) is 18.8 Å². The lowest BCUT2D eigenvalue weighted by atomic mass is 9.91. The molecule has 246 valence electrons. The van der Waals surface area contributed by atoms with Crippen molar-refractivity contribution >= 4 is 41.8 Å². The molecule has 0 aromatic rings. The third-order valence-electron chi connectivity index (χ3n) is 6.42.